The van der Waals surface area contributed by atoms with Gasteiger partial charge in [0.05, 0.1) is 12.3 Å². The van der Waals surface area contributed by atoms with Crippen LogP contribution in [0.15, 0.2) is 47.6 Å². The maximum absolute atomic E-state index is 12.6. The van der Waals surface area contributed by atoms with Crippen molar-refractivity contribution in [3.05, 3.63) is 58.6 Å². The first kappa shape index (κ1) is 19.4. The van der Waals surface area contributed by atoms with Crippen molar-refractivity contribution in [1.82, 2.24) is 10.2 Å². The van der Waals surface area contributed by atoms with Crippen molar-refractivity contribution in [2.24, 2.45) is 5.16 Å². The Labute approximate surface area is 174 Å². The Kier molecular flexibility index (Phi) is 5.76. The van der Waals surface area contributed by atoms with Crippen molar-refractivity contribution >= 4 is 23.3 Å². The maximum atomic E-state index is 12.6. The minimum atomic E-state index is -0.236. The molecule has 0 fully saturated rings. The van der Waals surface area contributed by atoms with Gasteiger partial charge in [-0.25, -0.2) is 4.79 Å². The van der Waals surface area contributed by atoms with E-state index in [-0.39, 0.29) is 18.9 Å². The number of hydrogen-bond acceptors (Lipinski definition) is 5. The third kappa shape index (κ3) is 4.40. The molecule has 4 rings (SSSR count). The van der Waals surface area contributed by atoms with Gasteiger partial charge in [0.25, 0.3) is 0 Å². The lowest BCUT2D eigenvalue weighted by Crippen LogP contribution is -2.43. The van der Waals surface area contributed by atoms with Crippen LogP contribution in [-0.4, -0.2) is 42.6 Å². The number of hydrogen-bond donors (Lipinski definition) is 1. The second-order valence-corrected chi connectivity index (χ2v) is 7.25. The highest BCUT2D eigenvalue weighted by Gasteiger charge is 2.28. The molecule has 2 aliphatic heterocycles. The molecule has 0 aromatic heterocycles. The number of nitrogens with one attached hydrogen (secondary N) is 1. The summed E-state index contributed by atoms with van der Waals surface area (Å²) in [5.41, 5.74) is 2.63. The number of benzene rings is 2. The van der Waals surface area contributed by atoms with Crippen LogP contribution in [0.5, 0.6) is 11.5 Å². The van der Waals surface area contributed by atoms with E-state index in [1.165, 1.54) is 0 Å². The SMILES string of the molecule is CCNC(=O)N(Cc1ccccc1Cl)C[C@H]1CC(c2ccc3c(c2)OCO3)=NO1. The van der Waals surface area contributed by atoms with Gasteiger partial charge in [-0.05, 0) is 36.8 Å². The van der Waals surface area contributed by atoms with E-state index in [9.17, 15) is 4.79 Å². The van der Waals surface area contributed by atoms with Gasteiger partial charge in [0.2, 0.25) is 6.79 Å². The van der Waals surface area contributed by atoms with E-state index in [1.54, 1.807) is 4.90 Å². The van der Waals surface area contributed by atoms with Gasteiger partial charge in [0.15, 0.2) is 17.6 Å². The topological polar surface area (TPSA) is 72.4 Å². The zero-order chi connectivity index (χ0) is 20.2. The summed E-state index contributed by atoms with van der Waals surface area (Å²) in [7, 11) is 0. The molecule has 8 heteroatoms. The Morgan fingerprint density at radius 3 is 2.90 bits per heavy atom. The van der Waals surface area contributed by atoms with E-state index >= 15 is 0 Å². The van der Waals surface area contributed by atoms with E-state index in [0.29, 0.717) is 36.8 Å². The van der Waals surface area contributed by atoms with Crippen molar-refractivity contribution in [3.63, 3.8) is 0 Å². The van der Waals surface area contributed by atoms with Gasteiger partial charge in [-0.15, -0.1) is 0 Å². The molecule has 7 nitrogen and oxygen atoms in total. The van der Waals surface area contributed by atoms with Crippen molar-refractivity contribution in [1.29, 1.82) is 0 Å². The predicted octanol–water partition coefficient (Wildman–Crippen LogP) is 3.79. The molecular formula is C21H22ClN3O4. The summed E-state index contributed by atoms with van der Waals surface area (Å²) in [5, 5.41) is 7.71. The predicted molar refractivity (Wildman–Crippen MR) is 110 cm³/mol. The highest BCUT2D eigenvalue weighted by Crippen LogP contribution is 2.33. The maximum Gasteiger partial charge on any atom is 0.317 e. The number of ether oxygens (including phenoxy) is 2. The zero-order valence-corrected chi connectivity index (χ0v) is 16.8. The van der Waals surface area contributed by atoms with Gasteiger partial charge in [0, 0.05) is 30.1 Å². The van der Waals surface area contributed by atoms with Crippen molar-refractivity contribution in [3.8, 4) is 11.5 Å². The standard InChI is InChI=1S/C21H22ClN3O4/c1-2-23-21(26)25(11-15-5-3-4-6-17(15)22)12-16-10-18(24-29-16)14-7-8-19-20(9-14)28-13-27-19/h3-9,16H,2,10-13H2,1H3,(H,23,26)/t16-/m1/s1. The average Bonchev–Trinajstić information content (AvgIpc) is 3.38. The Balaban J connectivity index is 1.43. The van der Waals surface area contributed by atoms with Crippen LogP contribution in [0.4, 0.5) is 4.79 Å². The van der Waals surface area contributed by atoms with E-state index in [0.717, 1.165) is 22.6 Å². The Bertz CT molecular complexity index is 934. The summed E-state index contributed by atoms with van der Waals surface area (Å²) >= 11 is 6.28. The average molecular weight is 416 g/mol. The summed E-state index contributed by atoms with van der Waals surface area (Å²) in [6, 6.07) is 13.1. The van der Waals surface area contributed by atoms with E-state index in [2.05, 4.69) is 10.5 Å². The monoisotopic (exact) mass is 415 g/mol. The van der Waals surface area contributed by atoms with Crippen LogP contribution < -0.4 is 14.8 Å². The van der Waals surface area contributed by atoms with Crippen molar-refractivity contribution in [2.45, 2.75) is 26.0 Å². The summed E-state index contributed by atoms with van der Waals surface area (Å²) < 4.78 is 10.8. The number of amides is 2. The number of fused-ring (bicyclic) bond motifs is 1. The first-order chi connectivity index (χ1) is 14.1. The normalized spacial score (nSPS) is 16.9. The molecule has 2 aliphatic rings. The number of urea groups is 1. The molecule has 2 aromatic rings. The van der Waals surface area contributed by atoms with Crippen LogP contribution in [0.25, 0.3) is 0 Å². The van der Waals surface area contributed by atoms with Crippen LogP contribution in [0.1, 0.15) is 24.5 Å². The van der Waals surface area contributed by atoms with Crippen LogP contribution in [0.3, 0.4) is 0 Å². The smallest absolute Gasteiger partial charge is 0.317 e. The highest BCUT2D eigenvalue weighted by atomic mass is 35.5. The first-order valence-corrected chi connectivity index (χ1v) is 9.90. The first-order valence-electron chi connectivity index (χ1n) is 9.53. The molecule has 1 N–H and O–H groups in total. The minimum absolute atomic E-state index is 0.160. The van der Waals surface area contributed by atoms with Gasteiger partial charge in [-0.1, -0.05) is 35.0 Å². The summed E-state index contributed by atoms with van der Waals surface area (Å²) in [5.74, 6) is 1.43. The van der Waals surface area contributed by atoms with Gasteiger partial charge < -0.3 is 24.5 Å². The number of halogens is 1. The number of nitrogens with zero attached hydrogens (tertiary/aromatic N) is 2. The van der Waals surface area contributed by atoms with Gasteiger partial charge in [-0.2, -0.15) is 0 Å². The van der Waals surface area contributed by atoms with Crippen LogP contribution in [0, 0.1) is 0 Å². The van der Waals surface area contributed by atoms with Gasteiger partial charge in [0.1, 0.15) is 0 Å². The van der Waals surface area contributed by atoms with Gasteiger partial charge >= 0.3 is 6.03 Å². The molecule has 0 saturated carbocycles. The molecule has 0 spiro atoms. The second kappa shape index (κ2) is 8.61. The molecule has 0 bridgehead atoms. The molecule has 0 aliphatic carbocycles. The molecule has 0 unspecified atom stereocenters. The minimum Gasteiger partial charge on any atom is -0.454 e. The Hall–Kier alpha value is -2.93. The highest BCUT2D eigenvalue weighted by molar-refractivity contribution is 6.31. The number of rotatable bonds is 6. The van der Waals surface area contributed by atoms with Crippen LogP contribution in [0.2, 0.25) is 5.02 Å². The van der Waals surface area contributed by atoms with Crippen LogP contribution in [-0.2, 0) is 11.4 Å². The molecule has 0 saturated heterocycles. The van der Waals surface area contributed by atoms with Gasteiger partial charge in [-0.3, -0.25) is 0 Å². The van der Waals surface area contributed by atoms with E-state index in [1.807, 2.05) is 49.4 Å². The molecule has 2 aromatic carbocycles. The lowest BCUT2D eigenvalue weighted by atomic mass is 10.0. The fourth-order valence-electron chi connectivity index (χ4n) is 3.33. The fourth-order valence-corrected chi connectivity index (χ4v) is 3.53. The third-order valence-electron chi connectivity index (χ3n) is 4.80. The fraction of sp³-hybridized carbons (Fsp3) is 0.333. The second-order valence-electron chi connectivity index (χ2n) is 6.84. The number of carbonyl (C=O) groups excluding carboxylic acids is 1. The zero-order valence-electron chi connectivity index (χ0n) is 16.1. The third-order valence-corrected chi connectivity index (χ3v) is 5.17. The number of oxime groups is 1. The quantitative estimate of drug-likeness (QED) is 0.779. The Morgan fingerprint density at radius 2 is 2.07 bits per heavy atom. The van der Waals surface area contributed by atoms with Crippen molar-refractivity contribution < 1.29 is 19.1 Å². The molecule has 2 amide bonds. The van der Waals surface area contributed by atoms with Crippen molar-refractivity contribution in [2.75, 3.05) is 19.9 Å². The van der Waals surface area contributed by atoms with E-state index in [4.69, 9.17) is 25.9 Å². The molecule has 29 heavy (non-hydrogen) atoms. The molecular weight excluding hydrogens is 394 g/mol. The lowest BCUT2D eigenvalue weighted by molar-refractivity contribution is 0.0590. The molecule has 0 radical (unpaired) electrons. The summed E-state index contributed by atoms with van der Waals surface area (Å²) in [6.45, 7) is 3.45. The number of carbonyl (C=O) groups is 1. The molecule has 2 heterocycles. The Morgan fingerprint density at radius 1 is 1.24 bits per heavy atom. The lowest BCUT2D eigenvalue weighted by Gasteiger charge is -2.25. The van der Waals surface area contributed by atoms with Crippen LogP contribution >= 0.6 is 11.6 Å². The molecule has 152 valence electrons. The molecule has 1 atom stereocenters. The summed E-state index contributed by atoms with van der Waals surface area (Å²) in [4.78, 5) is 19.9. The summed E-state index contributed by atoms with van der Waals surface area (Å²) in [6.07, 6.45) is 0.360. The van der Waals surface area contributed by atoms with E-state index < -0.39 is 0 Å². The largest absolute Gasteiger partial charge is 0.454 e.